The van der Waals surface area contributed by atoms with Crippen LogP contribution in [0.2, 0.25) is 0 Å². The molecular formula is C19H23NO2. The number of methoxy groups -OCH3 is 2. The lowest BCUT2D eigenvalue weighted by molar-refractivity contribution is 0.353. The molecule has 0 bridgehead atoms. The molecule has 2 unspecified atom stereocenters. The second kappa shape index (κ2) is 6.41. The summed E-state index contributed by atoms with van der Waals surface area (Å²) in [5.74, 6) is 1.54. The molecule has 2 aromatic carbocycles. The molecule has 0 radical (unpaired) electrons. The van der Waals surface area contributed by atoms with Crippen molar-refractivity contribution < 1.29 is 9.47 Å². The average molecular weight is 297 g/mol. The molecule has 0 saturated heterocycles. The molecule has 1 N–H and O–H groups in total. The van der Waals surface area contributed by atoms with Crippen molar-refractivity contribution in [3.05, 3.63) is 59.2 Å². The molecule has 2 aromatic rings. The minimum Gasteiger partial charge on any atom is -0.493 e. The Balaban J connectivity index is 2.03. The Morgan fingerprint density at radius 2 is 1.82 bits per heavy atom. The van der Waals surface area contributed by atoms with Gasteiger partial charge in [-0.1, -0.05) is 37.3 Å². The zero-order valence-corrected chi connectivity index (χ0v) is 13.4. The Bertz CT molecular complexity index is 654. The Morgan fingerprint density at radius 1 is 1.05 bits per heavy atom. The maximum atomic E-state index is 5.46. The van der Waals surface area contributed by atoms with Gasteiger partial charge >= 0.3 is 0 Å². The van der Waals surface area contributed by atoms with Crippen LogP contribution in [-0.4, -0.2) is 20.3 Å². The predicted octanol–water partition coefficient (Wildman–Crippen LogP) is 3.72. The number of rotatable bonds is 4. The van der Waals surface area contributed by atoms with Crippen LogP contribution in [0.25, 0.3) is 0 Å². The van der Waals surface area contributed by atoms with Crippen molar-refractivity contribution in [2.45, 2.75) is 31.8 Å². The lowest BCUT2D eigenvalue weighted by Gasteiger charge is -2.33. The molecule has 2 atom stereocenters. The van der Waals surface area contributed by atoms with Gasteiger partial charge in [-0.25, -0.2) is 0 Å². The van der Waals surface area contributed by atoms with Crippen molar-refractivity contribution in [3.8, 4) is 11.5 Å². The van der Waals surface area contributed by atoms with E-state index in [0.29, 0.717) is 6.04 Å². The van der Waals surface area contributed by atoms with E-state index >= 15 is 0 Å². The molecular weight excluding hydrogens is 274 g/mol. The quantitative estimate of drug-likeness (QED) is 0.933. The van der Waals surface area contributed by atoms with E-state index in [9.17, 15) is 0 Å². The summed E-state index contributed by atoms with van der Waals surface area (Å²) in [5.41, 5.74) is 4.01. The minimum atomic E-state index is 0.203. The van der Waals surface area contributed by atoms with Crippen LogP contribution < -0.4 is 14.8 Å². The van der Waals surface area contributed by atoms with Gasteiger partial charge in [-0.15, -0.1) is 0 Å². The summed E-state index contributed by atoms with van der Waals surface area (Å²) < 4.78 is 10.8. The first-order chi connectivity index (χ1) is 10.8. The van der Waals surface area contributed by atoms with Crippen LogP contribution in [0.15, 0.2) is 42.5 Å². The van der Waals surface area contributed by atoms with Crippen LogP contribution in [-0.2, 0) is 6.42 Å². The van der Waals surface area contributed by atoms with Crippen molar-refractivity contribution in [2.24, 2.45) is 0 Å². The third-order valence-corrected chi connectivity index (χ3v) is 4.47. The van der Waals surface area contributed by atoms with Gasteiger partial charge in [0.05, 0.1) is 20.3 Å². The van der Waals surface area contributed by atoms with Gasteiger partial charge in [0.2, 0.25) is 0 Å². The average Bonchev–Trinajstić information content (AvgIpc) is 2.60. The molecule has 116 valence electrons. The van der Waals surface area contributed by atoms with Gasteiger partial charge in [0.1, 0.15) is 0 Å². The van der Waals surface area contributed by atoms with E-state index in [1.54, 1.807) is 14.2 Å². The molecule has 3 nitrogen and oxygen atoms in total. The third kappa shape index (κ3) is 2.69. The summed E-state index contributed by atoms with van der Waals surface area (Å²) in [6.45, 7) is 2.23. The Kier molecular flexibility index (Phi) is 4.34. The molecule has 0 aromatic heterocycles. The van der Waals surface area contributed by atoms with E-state index in [2.05, 4.69) is 48.6 Å². The summed E-state index contributed by atoms with van der Waals surface area (Å²) in [6, 6.07) is 15.6. The molecule has 0 amide bonds. The largest absolute Gasteiger partial charge is 0.493 e. The van der Waals surface area contributed by atoms with E-state index in [0.717, 1.165) is 24.3 Å². The molecule has 1 aliphatic heterocycles. The van der Waals surface area contributed by atoms with Gasteiger partial charge in [0.15, 0.2) is 11.5 Å². The highest BCUT2D eigenvalue weighted by Gasteiger charge is 2.26. The molecule has 1 heterocycles. The lowest BCUT2D eigenvalue weighted by Crippen LogP contribution is -2.39. The fourth-order valence-electron chi connectivity index (χ4n) is 3.22. The zero-order valence-electron chi connectivity index (χ0n) is 13.4. The van der Waals surface area contributed by atoms with Crippen molar-refractivity contribution in [1.29, 1.82) is 0 Å². The molecule has 0 aliphatic carbocycles. The first-order valence-electron chi connectivity index (χ1n) is 7.82. The smallest absolute Gasteiger partial charge is 0.161 e. The van der Waals surface area contributed by atoms with Gasteiger partial charge in [0, 0.05) is 6.04 Å². The van der Waals surface area contributed by atoms with Gasteiger partial charge in [0.25, 0.3) is 0 Å². The summed E-state index contributed by atoms with van der Waals surface area (Å²) in [5, 5.41) is 3.77. The monoisotopic (exact) mass is 297 g/mol. The minimum absolute atomic E-state index is 0.203. The standard InChI is InChI=1S/C19H23NO2/c1-4-15-11-13-7-5-6-8-16(13)19(20-15)14-9-10-17(21-2)18(12-14)22-3/h5-10,12,15,19-20H,4,11H2,1-3H3. The van der Waals surface area contributed by atoms with Crippen LogP contribution in [0.5, 0.6) is 11.5 Å². The molecule has 22 heavy (non-hydrogen) atoms. The van der Waals surface area contributed by atoms with Gasteiger partial charge in [-0.3, -0.25) is 0 Å². The van der Waals surface area contributed by atoms with Gasteiger partial charge < -0.3 is 14.8 Å². The summed E-state index contributed by atoms with van der Waals surface area (Å²) in [7, 11) is 3.34. The maximum absolute atomic E-state index is 5.46. The topological polar surface area (TPSA) is 30.5 Å². The fraction of sp³-hybridized carbons (Fsp3) is 0.368. The Labute approximate surface area is 132 Å². The predicted molar refractivity (Wildman–Crippen MR) is 88.7 cm³/mol. The van der Waals surface area contributed by atoms with Gasteiger partial charge in [-0.2, -0.15) is 0 Å². The number of ether oxygens (including phenoxy) is 2. The molecule has 0 fully saturated rings. The second-order valence-electron chi connectivity index (χ2n) is 5.72. The van der Waals surface area contributed by atoms with Crippen LogP contribution in [0.1, 0.15) is 36.1 Å². The van der Waals surface area contributed by atoms with Crippen molar-refractivity contribution in [1.82, 2.24) is 5.32 Å². The molecule has 3 heteroatoms. The fourth-order valence-corrected chi connectivity index (χ4v) is 3.22. The summed E-state index contributed by atoms with van der Waals surface area (Å²) in [6.07, 6.45) is 2.22. The number of nitrogens with one attached hydrogen (secondary N) is 1. The van der Waals surface area contributed by atoms with Crippen molar-refractivity contribution in [2.75, 3.05) is 14.2 Å². The third-order valence-electron chi connectivity index (χ3n) is 4.47. The summed E-state index contributed by atoms with van der Waals surface area (Å²) in [4.78, 5) is 0. The SMILES string of the molecule is CCC1Cc2ccccc2C(c2ccc(OC)c(OC)c2)N1. The molecule has 3 rings (SSSR count). The molecule has 0 spiro atoms. The van der Waals surface area contributed by atoms with E-state index in [1.165, 1.54) is 16.7 Å². The first-order valence-corrected chi connectivity index (χ1v) is 7.82. The van der Waals surface area contributed by atoms with Gasteiger partial charge in [-0.05, 0) is 41.7 Å². The summed E-state index contributed by atoms with van der Waals surface area (Å²) >= 11 is 0. The number of fused-ring (bicyclic) bond motifs is 1. The van der Waals surface area contributed by atoms with E-state index in [4.69, 9.17) is 9.47 Å². The first kappa shape index (κ1) is 14.9. The van der Waals surface area contributed by atoms with Crippen LogP contribution in [0.4, 0.5) is 0 Å². The molecule has 0 saturated carbocycles. The number of benzene rings is 2. The normalized spacial score (nSPS) is 20.3. The van der Waals surface area contributed by atoms with Crippen molar-refractivity contribution >= 4 is 0 Å². The van der Waals surface area contributed by atoms with E-state index in [-0.39, 0.29) is 6.04 Å². The van der Waals surface area contributed by atoms with E-state index in [1.807, 2.05) is 6.07 Å². The maximum Gasteiger partial charge on any atom is 0.161 e. The van der Waals surface area contributed by atoms with Crippen LogP contribution >= 0.6 is 0 Å². The van der Waals surface area contributed by atoms with Crippen molar-refractivity contribution in [3.63, 3.8) is 0 Å². The van der Waals surface area contributed by atoms with Crippen LogP contribution in [0, 0.1) is 0 Å². The highest BCUT2D eigenvalue weighted by atomic mass is 16.5. The Hall–Kier alpha value is -2.00. The highest BCUT2D eigenvalue weighted by Crippen LogP contribution is 2.35. The molecule has 1 aliphatic rings. The second-order valence-corrected chi connectivity index (χ2v) is 5.72. The number of hydrogen-bond acceptors (Lipinski definition) is 3. The lowest BCUT2D eigenvalue weighted by atomic mass is 9.86. The van der Waals surface area contributed by atoms with E-state index < -0.39 is 0 Å². The highest BCUT2D eigenvalue weighted by molar-refractivity contribution is 5.47. The van der Waals surface area contributed by atoms with Crippen LogP contribution in [0.3, 0.4) is 0 Å². The zero-order chi connectivity index (χ0) is 15.5. The Morgan fingerprint density at radius 3 is 2.55 bits per heavy atom. The number of hydrogen-bond donors (Lipinski definition) is 1.